The Kier molecular flexibility index (Phi) is 7.09. The maximum Gasteiger partial charge on any atom is 0.187 e. The van der Waals surface area contributed by atoms with E-state index in [2.05, 4.69) is 17.0 Å². The van der Waals surface area contributed by atoms with Gasteiger partial charge in [-0.15, -0.1) is 0 Å². The summed E-state index contributed by atoms with van der Waals surface area (Å²) >= 11 is 0. The molecule has 2 heterocycles. The van der Waals surface area contributed by atoms with Gasteiger partial charge in [-0.2, -0.15) is 0 Å². The standard InChI is InChI=1S/C29H29F2NO3/c30-23-8-12-27-21(16-23)6-10-25(34-27)14-15-32(18-20-4-2-1-3-5-20)19-26(33)29-11-7-22-17-24(31)9-13-28(22)35-29/h1-5,8-9,12-13,16-17,25,29H,6-7,10-11,14-15,18-19H2. The number of halogens is 2. The van der Waals surface area contributed by atoms with Gasteiger partial charge in [-0.3, -0.25) is 9.69 Å². The molecule has 0 fully saturated rings. The van der Waals surface area contributed by atoms with Gasteiger partial charge in [-0.1, -0.05) is 30.3 Å². The third kappa shape index (κ3) is 5.88. The molecule has 0 amide bonds. The predicted octanol–water partition coefficient (Wildman–Crippen LogP) is 5.51. The van der Waals surface area contributed by atoms with Gasteiger partial charge in [0.15, 0.2) is 11.9 Å². The number of hydrogen-bond donors (Lipinski definition) is 0. The van der Waals surface area contributed by atoms with Crippen molar-refractivity contribution in [1.29, 1.82) is 0 Å². The second-order valence-electron chi connectivity index (χ2n) is 9.38. The number of carbonyl (C=O) groups excluding carboxylic acids is 1. The topological polar surface area (TPSA) is 38.8 Å². The van der Waals surface area contributed by atoms with Gasteiger partial charge < -0.3 is 9.47 Å². The molecule has 35 heavy (non-hydrogen) atoms. The lowest BCUT2D eigenvalue weighted by Crippen LogP contribution is -2.41. The monoisotopic (exact) mass is 477 g/mol. The zero-order chi connectivity index (χ0) is 24.2. The van der Waals surface area contributed by atoms with Crippen LogP contribution >= 0.6 is 0 Å². The Hall–Kier alpha value is -3.25. The molecule has 5 rings (SSSR count). The average molecular weight is 478 g/mol. The second kappa shape index (κ2) is 10.6. The van der Waals surface area contributed by atoms with Crippen LogP contribution in [0.2, 0.25) is 0 Å². The average Bonchev–Trinajstić information content (AvgIpc) is 2.87. The van der Waals surface area contributed by atoms with Gasteiger partial charge in [0.2, 0.25) is 0 Å². The van der Waals surface area contributed by atoms with Crippen LogP contribution in [0.4, 0.5) is 8.78 Å². The smallest absolute Gasteiger partial charge is 0.187 e. The van der Waals surface area contributed by atoms with Crippen molar-refractivity contribution in [2.75, 3.05) is 13.1 Å². The molecule has 2 aliphatic rings. The summed E-state index contributed by atoms with van der Waals surface area (Å²) in [5, 5.41) is 0. The molecule has 0 saturated carbocycles. The zero-order valence-electron chi connectivity index (χ0n) is 19.6. The number of aryl methyl sites for hydroxylation is 2. The van der Waals surface area contributed by atoms with E-state index in [0.717, 1.165) is 41.7 Å². The van der Waals surface area contributed by atoms with Crippen molar-refractivity contribution in [3.63, 3.8) is 0 Å². The van der Waals surface area contributed by atoms with Gasteiger partial charge in [-0.25, -0.2) is 8.78 Å². The minimum atomic E-state index is -0.529. The first-order valence-electron chi connectivity index (χ1n) is 12.2. The summed E-state index contributed by atoms with van der Waals surface area (Å²) in [4.78, 5) is 15.4. The van der Waals surface area contributed by atoms with E-state index >= 15 is 0 Å². The van der Waals surface area contributed by atoms with Crippen LogP contribution in [0.25, 0.3) is 0 Å². The number of ketones is 1. The molecule has 0 bridgehead atoms. The quantitative estimate of drug-likeness (QED) is 0.429. The molecule has 6 heteroatoms. The molecule has 182 valence electrons. The van der Waals surface area contributed by atoms with Gasteiger partial charge in [0.25, 0.3) is 0 Å². The van der Waals surface area contributed by atoms with Crippen molar-refractivity contribution in [2.45, 2.75) is 50.9 Å². The van der Waals surface area contributed by atoms with Crippen LogP contribution in [0.15, 0.2) is 66.7 Å². The van der Waals surface area contributed by atoms with Crippen LogP contribution in [-0.4, -0.2) is 36.0 Å². The lowest BCUT2D eigenvalue weighted by Gasteiger charge is -2.30. The van der Waals surface area contributed by atoms with Gasteiger partial charge in [0.05, 0.1) is 6.54 Å². The number of rotatable bonds is 8. The molecule has 3 aromatic rings. The molecular weight excluding hydrogens is 448 g/mol. The highest BCUT2D eigenvalue weighted by Gasteiger charge is 2.28. The third-order valence-corrected chi connectivity index (χ3v) is 6.77. The Bertz CT molecular complexity index is 1180. The van der Waals surface area contributed by atoms with E-state index in [4.69, 9.17) is 9.47 Å². The summed E-state index contributed by atoms with van der Waals surface area (Å²) in [6, 6.07) is 19.2. The molecule has 0 saturated heterocycles. The lowest BCUT2D eigenvalue weighted by atomic mass is 9.99. The van der Waals surface area contributed by atoms with E-state index in [0.29, 0.717) is 31.7 Å². The van der Waals surface area contributed by atoms with E-state index in [-0.39, 0.29) is 30.1 Å². The van der Waals surface area contributed by atoms with Crippen LogP contribution in [-0.2, 0) is 24.2 Å². The van der Waals surface area contributed by atoms with Gasteiger partial charge in [0.1, 0.15) is 29.2 Å². The number of ether oxygens (including phenoxy) is 2. The highest BCUT2D eigenvalue weighted by atomic mass is 19.1. The summed E-state index contributed by atoms with van der Waals surface area (Å²) < 4.78 is 39.1. The second-order valence-corrected chi connectivity index (χ2v) is 9.38. The number of Topliss-reactive ketones (excluding diaryl/α,β-unsaturated/α-hetero) is 1. The maximum atomic E-state index is 13.5. The van der Waals surface area contributed by atoms with E-state index in [1.165, 1.54) is 18.2 Å². The molecule has 0 N–H and O–H groups in total. The fourth-order valence-corrected chi connectivity index (χ4v) is 4.90. The Morgan fingerprint density at radius 2 is 1.51 bits per heavy atom. The van der Waals surface area contributed by atoms with Crippen molar-refractivity contribution < 1.29 is 23.0 Å². The maximum absolute atomic E-state index is 13.5. The number of fused-ring (bicyclic) bond motifs is 2. The first-order valence-corrected chi connectivity index (χ1v) is 12.2. The lowest BCUT2D eigenvalue weighted by molar-refractivity contribution is -0.127. The van der Waals surface area contributed by atoms with Crippen molar-refractivity contribution >= 4 is 5.78 Å². The fourth-order valence-electron chi connectivity index (χ4n) is 4.90. The molecule has 0 aliphatic carbocycles. The van der Waals surface area contributed by atoms with Crippen LogP contribution in [0.3, 0.4) is 0 Å². The molecule has 2 atom stereocenters. The number of nitrogens with zero attached hydrogens (tertiary/aromatic N) is 1. The minimum Gasteiger partial charge on any atom is -0.490 e. The molecule has 2 unspecified atom stereocenters. The highest BCUT2D eigenvalue weighted by molar-refractivity contribution is 5.85. The predicted molar refractivity (Wildman–Crippen MR) is 130 cm³/mol. The van der Waals surface area contributed by atoms with E-state index in [1.807, 2.05) is 18.2 Å². The summed E-state index contributed by atoms with van der Waals surface area (Å²) in [5.74, 6) is 0.844. The van der Waals surface area contributed by atoms with Crippen LogP contribution in [0.5, 0.6) is 11.5 Å². The van der Waals surface area contributed by atoms with Crippen molar-refractivity contribution in [1.82, 2.24) is 4.90 Å². The Morgan fingerprint density at radius 1 is 0.857 bits per heavy atom. The van der Waals surface area contributed by atoms with E-state index in [9.17, 15) is 13.6 Å². The molecule has 0 spiro atoms. The van der Waals surface area contributed by atoms with E-state index < -0.39 is 6.10 Å². The van der Waals surface area contributed by atoms with Gasteiger partial charge in [-0.05, 0) is 85.2 Å². The third-order valence-electron chi connectivity index (χ3n) is 6.77. The summed E-state index contributed by atoms with van der Waals surface area (Å²) in [6.07, 6.45) is 3.04. The van der Waals surface area contributed by atoms with Gasteiger partial charge in [0, 0.05) is 13.1 Å². The minimum absolute atomic E-state index is 0.0223. The Labute approximate surface area is 204 Å². The first kappa shape index (κ1) is 23.5. The van der Waals surface area contributed by atoms with Crippen molar-refractivity contribution in [3.05, 3.63) is 95.1 Å². The summed E-state index contributed by atoms with van der Waals surface area (Å²) in [6.45, 7) is 1.61. The molecule has 2 aliphatic heterocycles. The molecule has 3 aromatic carbocycles. The molecular formula is C29H29F2NO3. The molecule has 4 nitrogen and oxygen atoms in total. The van der Waals surface area contributed by atoms with Crippen LogP contribution < -0.4 is 9.47 Å². The van der Waals surface area contributed by atoms with Crippen LogP contribution in [0, 0.1) is 11.6 Å². The number of hydrogen-bond acceptors (Lipinski definition) is 4. The molecule has 0 radical (unpaired) electrons. The number of benzene rings is 3. The molecule has 0 aromatic heterocycles. The van der Waals surface area contributed by atoms with Gasteiger partial charge >= 0.3 is 0 Å². The van der Waals surface area contributed by atoms with Crippen molar-refractivity contribution in [2.24, 2.45) is 0 Å². The SMILES string of the molecule is O=C(CN(CCC1CCc2cc(F)ccc2O1)Cc1ccccc1)C1CCc2cc(F)ccc2O1. The van der Waals surface area contributed by atoms with E-state index in [1.54, 1.807) is 18.2 Å². The fraction of sp³-hybridized carbons (Fsp3) is 0.345. The zero-order valence-corrected chi connectivity index (χ0v) is 19.6. The summed E-state index contributed by atoms with van der Waals surface area (Å²) in [5.41, 5.74) is 2.85. The van der Waals surface area contributed by atoms with Crippen LogP contribution in [0.1, 0.15) is 36.0 Å². The Morgan fingerprint density at radius 3 is 2.23 bits per heavy atom. The summed E-state index contributed by atoms with van der Waals surface area (Å²) in [7, 11) is 0. The Balaban J connectivity index is 1.23. The number of carbonyl (C=O) groups is 1. The highest BCUT2D eigenvalue weighted by Crippen LogP contribution is 2.30. The normalized spacial score (nSPS) is 18.8. The van der Waals surface area contributed by atoms with Crippen molar-refractivity contribution in [3.8, 4) is 11.5 Å². The largest absolute Gasteiger partial charge is 0.490 e. The first-order chi connectivity index (χ1) is 17.0.